The minimum Gasteiger partial charge on any atom is -0.387 e. The first-order valence-electron chi connectivity index (χ1n) is 7.46. The topological polar surface area (TPSA) is 23.5 Å². The molecule has 0 aliphatic carbocycles. The molecule has 1 aromatic carbocycles. The molecule has 2 heteroatoms. The van der Waals surface area contributed by atoms with Gasteiger partial charge in [-0.15, -0.1) is 0 Å². The average molecular weight is 263 g/mol. The van der Waals surface area contributed by atoms with Crippen LogP contribution in [0.4, 0.5) is 0 Å². The summed E-state index contributed by atoms with van der Waals surface area (Å²) in [4.78, 5) is 2.43. The Hall–Kier alpha value is -0.860. The van der Waals surface area contributed by atoms with Crippen LogP contribution >= 0.6 is 0 Å². The summed E-state index contributed by atoms with van der Waals surface area (Å²) in [6.07, 6.45) is 0.549. The van der Waals surface area contributed by atoms with Crippen molar-refractivity contribution in [2.24, 2.45) is 5.92 Å². The van der Waals surface area contributed by atoms with Gasteiger partial charge in [-0.2, -0.15) is 0 Å². The summed E-state index contributed by atoms with van der Waals surface area (Å²) < 4.78 is 0. The molecule has 0 aliphatic rings. The normalized spacial score (nSPS) is 15.2. The molecule has 0 heterocycles. The summed E-state index contributed by atoms with van der Waals surface area (Å²) in [5.74, 6) is 0.611. The molecule has 0 aliphatic heterocycles. The van der Waals surface area contributed by atoms with Crippen LogP contribution in [-0.2, 0) is 0 Å². The number of hydrogen-bond acceptors (Lipinski definition) is 2. The zero-order chi connectivity index (χ0) is 14.4. The van der Waals surface area contributed by atoms with Gasteiger partial charge in [0.2, 0.25) is 0 Å². The van der Waals surface area contributed by atoms with Gasteiger partial charge >= 0.3 is 0 Å². The van der Waals surface area contributed by atoms with Gasteiger partial charge in [-0.1, -0.05) is 51.1 Å². The molecule has 0 fully saturated rings. The second-order valence-electron chi connectivity index (χ2n) is 6.02. The van der Waals surface area contributed by atoms with Gasteiger partial charge < -0.3 is 5.11 Å². The molecular formula is C17H29NO. The SMILES string of the molecule is CCC(C(O)c1ccccc1)N(CC(C)C)C(C)C. The molecule has 1 aromatic rings. The Morgan fingerprint density at radius 3 is 2.05 bits per heavy atom. The van der Waals surface area contributed by atoms with E-state index in [1.54, 1.807) is 0 Å². The van der Waals surface area contributed by atoms with Crippen molar-refractivity contribution in [2.75, 3.05) is 6.54 Å². The predicted molar refractivity (Wildman–Crippen MR) is 82.2 cm³/mol. The fraction of sp³-hybridized carbons (Fsp3) is 0.647. The van der Waals surface area contributed by atoms with Crippen LogP contribution in [0.2, 0.25) is 0 Å². The second-order valence-corrected chi connectivity index (χ2v) is 6.02. The second kappa shape index (κ2) is 7.66. The fourth-order valence-electron chi connectivity index (χ4n) is 2.66. The first kappa shape index (κ1) is 16.2. The van der Waals surface area contributed by atoms with E-state index in [1.165, 1.54) is 0 Å². The summed E-state index contributed by atoms with van der Waals surface area (Å²) in [7, 11) is 0. The van der Waals surface area contributed by atoms with E-state index in [-0.39, 0.29) is 6.04 Å². The average Bonchev–Trinajstić information content (AvgIpc) is 2.38. The van der Waals surface area contributed by atoms with Gasteiger partial charge in [0.1, 0.15) is 0 Å². The van der Waals surface area contributed by atoms with Crippen LogP contribution < -0.4 is 0 Å². The monoisotopic (exact) mass is 263 g/mol. The summed E-state index contributed by atoms with van der Waals surface area (Å²) >= 11 is 0. The standard InChI is InChI=1S/C17H29NO/c1-6-16(18(14(4)5)12-13(2)3)17(19)15-10-8-7-9-11-15/h7-11,13-14,16-17,19H,6,12H2,1-5H3. The van der Waals surface area contributed by atoms with Crippen LogP contribution in [0.3, 0.4) is 0 Å². The lowest BCUT2D eigenvalue weighted by molar-refractivity contribution is 0.0214. The van der Waals surface area contributed by atoms with Gasteiger partial charge in [0.05, 0.1) is 6.10 Å². The lowest BCUT2D eigenvalue weighted by Gasteiger charge is -2.38. The number of aliphatic hydroxyl groups is 1. The Bertz CT molecular complexity index is 348. The van der Waals surface area contributed by atoms with Crippen LogP contribution in [0.1, 0.15) is 52.7 Å². The summed E-state index contributed by atoms with van der Waals surface area (Å²) in [6, 6.07) is 10.6. The Morgan fingerprint density at radius 2 is 1.63 bits per heavy atom. The van der Waals surface area contributed by atoms with E-state index in [2.05, 4.69) is 39.5 Å². The van der Waals surface area contributed by atoms with Crippen LogP contribution in [0.5, 0.6) is 0 Å². The Labute approximate surface area is 118 Å². The number of benzene rings is 1. The van der Waals surface area contributed by atoms with E-state index < -0.39 is 6.10 Å². The Kier molecular flexibility index (Phi) is 6.53. The number of hydrogen-bond donors (Lipinski definition) is 1. The lowest BCUT2D eigenvalue weighted by Crippen LogP contribution is -2.45. The van der Waals surface area contributed by atoms with Gasteiger partial charge in [0.15, 0.2) is 0 Å². The zero-order valence-corrected chi connectivity index (χ0v) is 13.0. The van der Waals surface area contributed by atoms with E-state index >= 15 is 0 Å². The third-order valence-corrected chi connectivity index (χ3v) is 3.59. The van der Waals surface area contributed by atoms with Crippen LogP contribution in [0.15, 0.2) is 30.3 Å². The van der Waals surface area contributed by atoms with Crippen LogP contribution in [0, 0.1) is 5.92 Å². The molecule has 0 bridgehead atoms. The van der Waals surface area contributed by atoms with E-state index in [9.17, 15) is 5.11 Å². The minimum absolute atomic E-state index is 0.185. The van der Waals surface area contributed by atoms with E-state index in [0.717, 1.165) is 18.5 Å². The summed E-state index contributed by atoms with van der Waals surface area (Å²) in [5, 5.41) is 10.7. The van der Waals surface area contributed by atoms with Gasteiger partial charge in [0, 0.05) is 18.6 Å². The predicted octanol–water partition coefficient (Wildman–Crippen LogP) is 3.87. The van der Waals surface area contributed by atoms with Crippen molar-refractivity contribution in [1.82, 2.24) is 4.90 Å². The lowest BCUT2D eigenvalue weighted by atomic mass is 9.96. The molecule has 108 valence electrons. The van der Waals surface area contributed by atoms with Crippen molar-refractivity contribution in [3.8, 4) is 0 Å². The first-order chi connectivity index (χ1) is 8.97. The maximum absolute atomic E-state index is 10.7. The molecule has 1 rings (SSSR count). The highest BCUT2D eigenvalue weighted by Gasteiger charge is 2.27. The molecule has 2 atom stereocenters. The molecule has 0 amide bonds. The smallest absolute Gasteiger partial charge is 0.0945 e. The highest BCUT2D eigenvalue weighted by Crippen LogP contribution is 2.25. The van der Waals surface area contributed by atoms with Gasteiger partial charge in [0.25, 0.3) is 0 Å². The molecular weight excluding hydrogens is 234 g/mol. The van der Waals surface area contributed by atoms with Gasteiger partial charge in [-0.25, -0.2) is 0 Å². The Balaban J connectivity index is 2.90. The van der Waals surface area contributed by atoms with Crippen LogP contribution in [-0.4, -0.2) is 28.6 Å². The quantitative estimate of drug-likeness (QED) is 0.807. The highest BCUT2D eigenvalue weighted by molar-refractivity contribution is 5.19. The molecule has 2 nitrogen and oxygen atoms in total. The van der Waals surface area contributed by atoms with Crippen molar-refractivity contribution in [3.05, 3.63) is 35.9 Å². The van der Waals surface area contributed by atoms with E-state index in [4.69, 9.17) is 0 Å². The number of nitrogens with zero attached hydrogens (tertiary/aromatic N) is 1. The van der Waals surface area contributed by atoms with E-state index in [1.807, 2.05) is 30.3 Å². The highest BCUT2D eigenvalue weighted by atomic mass is 16.3. The number of aliphatic hydroxyl groups excluding tert-OH is 1. The molecule has 19 heavy (non-hydrogen) atoms. The van der Waals surface area contributed by atoms with Crippen molar-refractivity contribution in [2.45, 2.75) is 59.2 Å². The summed E-state index contributed by atoms with van der Waals surface area (Å²) in [5.41, 5.74) is 1.02. The van der Waals surface area contributed by atoms with Crippen LogP contribution in [0.25, 0.3) is 0 Å². The molecule has 1 N–H and O–H groups in total. The minimum atomic E-state index is -0.410. The zero-order valence-electron chi connectivity index (χ0n) is 13.0. The maximum Gasteiger partial charge on any atom is 0.0945 e. The number of rotatable bonds is 7. The molecule has 0 radical (unpaired) electrons. The van der Waals surface area contributed by atoms with Crippen molar-refractivity contribution < 1.29 is 5.11 Å². The van der Waals surface area contributed by atoms with Crippen molar-refractivity contribution in [1.29, 1.82) is 0 Å². The van der Waals surface area contributed by atoms with Gasteiger partial charge in [-0.3, -0.25) is 4.90 Å². The summed E-state index contributed by atoms with van der Waals surface area (Å²) in [6.45, 7) is 12.1. The molecule has 2 unspecified atom stereocenters. The third kappa shape index (κ3) is 4.63. The largest absolute Gasteiger partial charge is 0.387 e. The van der Waals surface area contributed by atoms with Gasteiger partial charge in [-0.05, 0) is 31.7 Å². The molecule has 0 saturated heterocycles. The molecule has 0 saturated carbocycles. The first-order valence-corrected chi connectivity index (χ1v) is 7.46. The fourth-order valence-corrected chi connectivity index (χ4v) is 2.66. The van der Waals surface area contributed by atoms with E-state index in [0.29, 0.717) is 12.0 Å². The molecule has 0 spiro atoms. The third-order valence-electron chi connectivity index (χ3n) is 3.59. The van der Waals surface area contributed by atoms with Crippen molar-refractivity contribution >= 4 is 0 Å². The maximum atomic E-state index is 10.7. The molecule has 0 aromatic heterocycles. The van der Waals surface area contributed by atoms with Crippen molar-refractivity contribution in [3.63, 3.8) is 0 Å². The Morgan fingerprint density at radius 1 is 1.05 bits per heavy atom.